The second-order valence-corrected chi connectivity index (χ2v) is 5.25. The van der Waals surface area contributed by atoms with Gasteiger partial charge < -0.3 is 10.5 Å². The second-order valence-electron chi connectivity index (χ2n) is 4.81. The highest BCUT2D eigenvalue weighted by Crippen LogP contribution is 2.37. The maximum Gasteiger partial charge on any atom is 0.123 e. The molecule has 0 spiro atoms. The topological polar surface area (TPSA) is 35.2 Å². The third-order valence-electron chi connectivity index (χ3n) is 3.71. The fraction of sp³-hybridized carbons (Fsp3) is 0.571. The van der Waals surface area contributed by atoms with Crippen LogP contribution in [0.1, 0.15) is 43.7 Å². The number of methoxy groups -OCH3 is 1. The Kier molecular flexibility index (Phi) is 6.27. The van der Waals surface area contributed by atoms with Crippen LogP contribution in [0.2, 0.25) is 5.02 Å². The summed E-state index contributed by atoms with van der Waals surface area (Å²) in [7, 11) is 1.68. The average Bonchev–Trinajstić information content (AvgIpc) is 2.39. The molecule has 0 radical (unpaired) electrons. The van der Waals surface area contributed by atoms with Crippen molar-refractivity contribution in [2.24, 2.45) is 11.7 Å². The first-order valence-corrected chi connectivity index (χ1v) is 6.69. The minimum absolute atomic E-state index is 0. The van der Waals surface area contributed by atoms with Gasteiger partial charge >= 0.3 is 0 Å². The number of rotatable bonds is 3. The van der Waals surface area contributed by atoms with Crippen LogP contribution in [-0.4, -0.2) is 7.11 Å². The van der Waals surface area contributed by atoms with Crippen molar-refractivity contribution < 1.29 is 4.74 Å². The molecule has 1 aliphatic rings. The fourth-order valence-electron chi connectivity index (χ4n) is 2.71. The molecule has 2 N–H and O–H groups in total. The largest absolute Gasteiger partial charge is 0.496 e. The van der Waals surface area contributed by atoms with E-state index in [1.54, 1.807) is 7.11 Å². The second kappa shape index (κ2) is 7.22. The summed E-state index contributed by atoms with van der Waals surface area (Å²) in [5.41, 5.74) is 7.42. The summed E-state index contributed by atoms with van der Waals surface area (Å²) in [6.45, 7) is 0. The van der Waals surface area contributed by atoms with E-state index in [0.29, 0.717) is 5.92 Å². The SMILES string of the molecule is COc1ccc(Cl)cc1[C@@H](N)C1CCCCC1.Cl. The lowest BCUT2D eigenvalue weighted by Gasteiger charge is -2.28. The predicted molar refractivity (Wildman–Crippen MR) is 78.8 cm³/mol. The van der Waals surface area contributed by atoms with E-state index in [9.17, 15) is 0 Å². The van der Waals surface area contributed by atoms with Crippen molar-refractivity contribution in [3.63, 3.8) is 0 Å². The predicted octanol–water partition coefficient (Wildman–Crippen LogP) is 4.35. The summed E-state index contributed by atoms with van der Waals surface area (Å²) in [6.07, 6.45) is 6.37. The van der Waals surface area contributed by atoms with Crippen LogP contribution in [0.4, 0.5) is 0 Å². The summed E-state index contributed by atoms with van der Waals surface area (Å²) in [4.78, 5) is 0. The van der Waals surface area contributed by atoms with Crippen molar-refractivity contribution in [2.75, 3.05) is 7.11 Å². The van der Waals surface area contributed by atoms with E-state index >= 15 is 0 Å². The van der Waals surface area contributed by atoms with Crippen LogP contribution in [0.3, 0.4) is 0 Å². The van der Waals surface area contributed by atoms with Gasteiger partial charge in [0, 0.05) is 16.6 Å². The Morgan fingerprint density at radius 2 is 1.94 bits per heavy atom. The molecule has 4 heteroatoms. The van der Waals surface area contributed by atoms with Crippen molar-refractivity contribution in [1.82, 2.24) is 0 Å². The maximum absolute atomic E-state index is 6.38. The zero-order valence-corrected chi connectivity index (χ0v) is 12.3. The van der Waals surface area contributed by atoms with Crippen LogP contribution in [0.25, 0.3) is 0 Å². The lowest BCUT2D eigenvalue weighted by Crippen LogP contribution is -2.24. The van der Waals surface area contributed by atoms with Crippen LogP contribution in [-0.2, 0) is 0 Å². The molecular formula is C14H21Cl2NO. The molecule has 0 bridgehead atoms. The molecule has 1 saturated carbocycles. The van der Waals surface area contributed by atoms with Gasteiger partial charge in [0.05, 0.1) is 7.11 Å². The van der Waals surface area contributed by atoms with Crippen molar-refractivity contribution >= 4 is 24.0 Å². The zero-order valence-electron chi connectivity index (χ0n) is 10.7. The van der Waals surface area contributed by atoms with Crippen LogP contribution in [0.15, 0.2) is 18.2 Å². The molecule has 1 aromatic rings. The van der Waals surface area contributed by atoms with Gasteiger partial charge in [-0.25, -0.2) is 0 Å². The van der Waals surface area contributed by atoms with Gasteiger partial charge in [-0.2, -0.15) is 0 Å². The highest BCUT2D eigenvalue weighted by atomic mass is 35.5. The fourth-order valence-corrected chi connectivity index (χ4v) is 2.89. The van der Waals surface area contributed by atoms with E-state index in [2.05, 4.69) is 0 Å². The van der Waals surface area contributed by atoms with Crippen molar-refractivity contribution in [3.8, 4) is 5.75 Å². The van der Waals surface area contributed by atoms with Crippen LogP contribution >= 0.6 is 24.0 Å². The highest BCUT2D eigenvalue weighted by molar-refractivity contribution is 6.30. The molecule has 0 aliphatic heterocycles. The van der Waals surface area contributed by atoms with E-state index in [-0.39, 0.29) is 18.4 Å². The van der Waals surface area contributed by atoms with E-state index in [0.717, 1.165) is 16.3 Å². The van der Waals surface area contributed by atoms with Crippen molar-refractivity contribution in [2.45, 2.75) is 38.1 Å². The summed E-state index contributed by atoms with van der Waals surface area (Å²) in [6, 6.07) is 5.74. The molecule has 1 aromatic carbocycles. The highest BCUT2D eigenvalue weighted by Gasteiger charge is 2.24. The average molecular weight is 290 g/mol. The molecule has 0 saturated heterocycles. The Hall–Kier alpha value is -0.440. The van der Waals surface area contributed by atoms with Crippen LogP contribution < -0.4 is 10.5 Å². The molecule has 102 valence electrons. The molecule has 1 fully saturated rings. The lowest BCUT2D eigenvalue weighted by atomic mass is 9.81. The van der Waals surface area contributed by atoms with Gasteiger partial charge in [-0.1, -0.05) is 30.9 Å². The molecule has 0 unspecified atom stereocenters. The third-order valence-corrected chi connectivity index (χ3v) is 3.94. The Balaban J connectivity index is 0.00000162. The maximum atomic E-state index is 6.38. The number of nitrogens with two attached hydrogens (primary N) is 1. The molecule has 1 atom stereocenters. The van der Waals surface area contributed by atoms with Gasteiger partial charge in [-0.3, -0.25) is 0 Å². The smallest absolute Gasteiger partial charge is 0.123 e. The van der Waals surface area contributed by atoms with Gasteiger partial charge in [0.25, 0.3) is 0 Å². The van der Waals surface area contributed by atoms with Gasteiger partial charge in [0.15, 0.2) is 0 Å². The minimum atomic E-state index is 0. The number of halogens is 2. The Morgan fingerprint density at radius 3 is 2.56 bits per heavy atom. The lowest BCUT2D eigenvalue weighted by molar-refractivity contribution is 0.301. The number of ether oxygens (including phenoxy) is 1. The molecule has 2 nitrogen and oxygen atoms in total. The summed E-state index contributed by atoms with van der Waals surface area (Å²) in [5.74, 6) is 1.42. The molecule has 0 aromatic heterocycles. The molecule has 0 amide bonds. The zero-order chi connectivity index (χ0) is 12.3. The molecule has 18 heavy (non-hydrogen) atoms. The third kappa shape index (κ3) is 3.53. The molecular weight excluding hydrogens is 269 g/mol. The summed E-state index contributed by atoms with van der Waals surface area (Å²) < 4.78 is 5.37. The number of benzene rings is 1. The van der Waals surface area contributed by atoms with Crippen molar-refractivity contribution in [3.05, 3.63) is 28.8 Å². The van der Waals surface area contributed by atoms with Crippen LogP contribution in [0, 0.1) is 5.92 Å². The standard InChI is InChI=1S/C14H20ClNO.ClH/c1-17-13-8-7-11(15)9-12(13)14(16)10-5-3-2-4-6-10;/h7-10,14H,2-6,16H2,1H3;1H/t14-;/m0./s1. The first kappa shape index (κ1) is 15.6. The summed E-state index contributed by atoms with van der Waals surface area (Å²) in [5, 5.41) is 0.729. The Morgan fingerprint density at radius 1 is 1.28 bits per heavy atom. The summed E-state index contributed by atoms with van der Waals surface area (Å²) >= 11 is 6.05. The Labute approximate surface area is 120 Å². The molecule has 2 rings (SSSR count). The first-order chi connectivity index (χ1) is 8.22. The van der Waals surface area contributed by atoms with Gasteiger partial charge in [0.2, 0.25) is 0 Å². The number of hydrogen-bond acceptors (Lipinski definition) is 2. The van der Waals surface area contributed by atoms with E-state index < -0.39 is 0 Å². The van der Waals surface area contributed by atoms with Gasteiger partial charge in [-0.05, 0) is 37.0 Å². The van der Waals surface area contributed by atoms with E-state index in [4.69, 9.17) is 22.1 Å². The van der Waals surface area contributed by atoms with Crippen molar-refractivity contribution in [1.29, 1.82) is 0 Å². The first-order valence-electron chi connectivity index (χ1n) is 6.31. The number of hydrogen-bond donors (Lipinski definition) is 1. The minimum Gasteiger partial charge on any atom is -0.496 e. The Bertz CT molecular complexity index is 378. The van der Waals surface area contributed by atoms with Gasteiger partial charge in [-0.15, -0.1) is 12.4 Å². The quantitative estimate of drug-likeness (QED) is 0.898. The monoisotopic (exact) mass is 289 g/mol. The van der Waals surface area contributed by atoms with E-state index in [1.807, 2.05) is 18.2 Å². The molecule has 0 heterocycles. The molecule has 1 aliphatic carbocycles. The normalized spacial score (nSPS) is 17.9. The van der Waals surface area contributed by atoms with Crippen LogP contribution in [0.5, 0.6) is 5.75 Å². The van der Waals surface area contributed by atoms with E-state index in [1.165, 1.54) is 32.1 Å². The van der Waals surface area contributed by atoms with Gasteiger partial charge in [0.1, 0.15) is 5.75 Å².